The van der Waals surface area contributed by atoms with Gasteiger partial charge in [-0.15, -0.1) is 11.3 Å². The van der Waals surface area contributed by atoms with Crippen LogP contribution in [0, 0.1) is 0 Å². The molecule has 1 aromatic heterocycles. The van der Waals surface area contributed by atoms with Crippen molar-refractivity contribution in [2.24, 2.45) is 0 Å². The van der Waals surface area contributed by atoms with Crippen molar-refractivity contribution >= 4 is 46.1 Å². The molecule has 7 heteroatoms. The van der Waals surface area contributed by atoms with Gasteiger partial charge in [-0.25, -0.2) is 4.98 Å². The smallest absolute Gasteiger partial charge is 0.298 e. The van der Waals surface area contributed by atoms with Gasteiger partial charge >= 0.3 is 0 Å². The highest BCUT2D eigenvalue weighted by atomic mass is 35.5. The molecule has 2 N–H and O–H groups in total. The van der Waals surface area contributed by atoms with Crippen LogP contribution in [0.3, 0.4) is 0 Å². The number of carbonyl (C=O) groups is 1. The number of hydrogen-bond donors (Lipinski definition) is 2. The number of benzene rings is 2. The van der Waals surface area contributed by atoms with Gasteiger partial charge in [-0.3, -0.25) is 15.6 Å². The van der Waals surface area contributed by atoms with Crippen LogP contribution in [0.1, 0.15) is 9.80 Å². The average molecular weight is 364 g/mol. The van der Waals surface area contributed by atoms with Crippen molar-refractivity contribution in [1.29, 1.82) is 0 Å². The second kappa shape index (κ2) is 7.00. The van der Waals surface area contributed by atoms with Gasteiger partial charge in [0.05, 0.1) is 11.4 Å². The minimum atomic E-state index is -0.307. The van der Waals surface area contributed by atoms with E-state index >= 15 is 0 Å². The fourth-order valence-corrected chi connectivity index (χ4v) is 2.91. The van der Waals surface area contributed by atoms with Gasteiger partial charge in [0.25, 0.3) is 5.91 Å². The highest BCUT2D eigenvalue weighted by Gasteiger charge is 2.12. The van der Waals surface area contributed by atoms with E-state index in [9.17, 15) is 4.79 Å². The molecule has 23 heavy (non-hydrogen) atoms. The first-order valence-electron chi connectivity index (χ1n) is 6.65. The topological polar surface area (TPSA) is 54.0 Å². The van der Waals surface area contributed by atoms with Crippen molar-refractivity contribution < 1.29 is 4.79 Å². The molecule has 4 nitrogen and oxygen atoms in total. The SMILES string of the molecule is O=C(NNc1ccc(Cl)cc1)c1nc(-c2cccc(Cl)c2)cs1. The van der Waals surface area contributed by atoms with E-state index in [2.05, 4.69) is 15.8 Å². The lowest BCUT2D eigenvalue weighted by atomic mass is 10.2. The van der Waals surface area contributed by atoms with Crippen molar-refractivity contribution in [2.45, 2.75) is 0 Å². The van der Waals surface area contributed by atoms with Crippen LogP contribution in [0.15, 0.2) is 53.9 Å². The third-order valence-corrected chi connectivity index (χ3v) is 4.31. The Bertz CT molecular complexity index is 833. The summed E-state index contributed by atoms with van der Waals surface area (Å²) in [5.41, 5.74) is 7.74. The first-order valence-corrected chi connectivity index (χ1v) is 8.29. The van der Waals surface area contributed by atoms with Crippen LogP contribution in [0.4, 0.5) is 5.69 Å². The van der Waals surface area contributed by atoms with Gasteiger partial charge in [-0.2, -0.15) is 0 Å². The zero-order valence-electron chi connectivity index (χ0n) is 11.7. The molecule has 1 amide bonds. The molecular formula is C16H11Cl2N3OS. The largest absolute Gasteiger partial charge is 0.298 e. The van der Waals surface area contributed by atoms with Crippen LogP contribution in [0.25, 0.3) is 11.3 Å². The molecule has 0 saturated heterocycles. The van der Waals surface area contributed by atoms with Gasteiger partial charge in [-0.1, -0.05) is 35.3 Å². The molecule has 0 atom stereocenters. The molecule has 0 saturated carbocycles. The third-order valence-electron chi connectivity index (χ3n) is 2.98. The van der Waals surface area contributed by atoms with E-state index in [4.69, 9.17) is 23.2 Å². The van der Waals surface area contributed by atoms with Gasteiger partial charge < -0.3 is 0 Å². The molecule has 3 aromatic rings. The molecular weight excluding hydrogens is 353 g/mol. The highest BCUT2D eigenvalue weighted by molar-refractivity contribution is 7.12. The zero-order chi connectivity index (χ0) is 16.2. The van der Waals surface area contributed by atoms with Gasteiger partial charge in [-0.05, 0) is 36.4 Å². The van der Waals surface area contributed by atoms with Crippen LogP contribution in [0.5, 0.6) is 0 Å². The normalized spacial score (nSPS) is 10.3. The van der Waals surface area contributed by atoms with Crippen LogP contribution in [-0.4, -0.2) is 10.9 Å². The number of halogens is 2. The Morgan fingerprint density at radius 1 is 1.04 bits per heavy atom. The number of amides is 1. The van der Waals surface area contributed by atoms with E-state index in [1.54, 1.807) is 30.3 Å². The Labute approximate surface area is 147 Å². The zero-order valence-corrected chi connectivity index (χ0v) is 14.0. The Kier molecular flexibility index (Phi) is 4.81. The molecule has 116 valence electrons. The second-order valence-electron chi connectivity index (χ2n) is 4.63. The fraction of sp³-hybridized carbons (Fsp3) is 0. The molecule has 0 radical (unpaired) electrons. The van der Waals surface area contributed by atoms with Crippen LogP contribution in [-0.2, 0) is 0 Å². The van der Waals surface area contributed by atoms with Crippen LogP contribution < -0.4 is 10.9 Å². The number of hydrazine groups is 1. The molecule has 2 aromatic carbocycles. The molecule has 0 spiro atoms. The molecule has 0 bridgehead atoms. The predicted molar refractivity (Wildman–Crippen MR) is 95.1 cm³/mol. The summed E-state index contributed by atoms with van der Waals surface area (Å²) >= 11 is 13.0. The first kappa shape index (κ1) is 15.8. The summed E-state index contributed by atoms with van der Waals surface area (Å²) in [6.45, 7) is 0. The minimum absolute atomic E-state index is 0.307. The van der Waals surface area contributed by atoms with E-state index in [-0.39, 0.29) is 5.91 Å². The number of thiazole rings is 1. The Hall–Kier alpha value is -2.08. The molecule has 0 aliphatic heterocycles. The summed E-state index contributed by atoms with van der Waals surface area (Å²) in [5, 5.41) is 3.45. The maximum absolute atomic E-state index is 12.1. The Morgan fingerprint density at radius 3 is 2.57 bits per heavy atom. The van der Waals surface area contributed by atoms with Gasteiger partial charge in [0.2, 0.25) is 0 Å². The molecule has 0 fully saturated rings. The Morgan fingerprint density at radius 2 is 1.83 bits per heavy atom. The average Bonchev–Trinajstić information content (AvgIpc) is 3.04. The van der Waals surface area contributed by atoms with E-state index < -0.39 is 0 Å². The lowest BCUT2D eigenvalue weighted by molar-refractivity contribution is 0.0962. The summed E-state index contributed by atoms with van der Waals surface area (Å²) in [4.78, 5) is 16.5. The lowest BCUT2D eigenvalue weighted by Crippen LogP contribution is -2.29. The van der Waals surface area contributed by atoms with E-state index in [0.29, 0.717) is 20.7 Å². The summed E-state index contributed by atoms with van der Waals surface area (Å²) in [6.07, 6.45) is 0. The van der Waals surface area contributed by atoms with E-state index in [1.807, 2.05) is 23.6 Å². The lowest BCUT2D eigenvalue weighted by Gasteiger charge is -2.06. The van der Waals surface area contributed by atoms with E-state index in [0.717, 1.165) is 11.3 Å². The molecule has 3 rings (SSSR count). The Balaban J connectivity index is 1.67. The highest BCUT2D eigenvalue weighted by Crippen LogP contribution is 2.24. The monoisotopic (exact) mass is 363 g/mol. The minimum Gasteiger partial charge on any atom is -0.298 e. The van der Waals surface area contributed by atoms with Crippen LogP contribution >= 0.6 is 34.5 Å². The number of aromatic nitrogens is 1. The molecule has 0 unspecified atom stereocenters. The summed E-state index contributed by atoms with van der Waals surface area (Å²) in [5.74, 6) is -0.307. The molecule has 1 heterocycles. The molecule has 0 aliphatic carbocycles. The second-order valence-corrected chi connectivity index (χ2v) is 6.37. The van der Waals surface area contributed by atoms with Crippen molar-refractivity contribution in [3.05, 3.63) is 69.0 Å². The number of nitrogens with one attached hydrogen (secondary N) is 2. The summed E-state index contributed by atoms with van der Waals surface area (Å²) in [6, 6.07) is 14.3. The maximum atomic E-state index is 12.1. The number of nitrogens with zero attached hydrogens (tertiary/aromatic N) is 1. The quantitative estimate of drug-likeness (QED) is 0.649. The van der Waals surface area contributed by atoms with Crippen molar-refractivity contribution in [1.82, 2.24) is 10.4 Å². The standard InChI is InChI=1S/C16H11Cl2N3OS/c17-11-4-6-13(7-5-11)20-21-15(22)16-19-14(9-23-16)10-2-1-3-12(18)8-10/h1-9,20H,(H,21,22). The van der Waals surface area contributed by atoms with Crippen molar-refractivity contribution in [3.8, 4) is 11.3 Å². The number of carbonyl (C=O) groups excluding carboxylic acids is 1. The number of rotatable bonds is 4. The van der Waals surface area contributed by atoms with E-state index in [1.165, 1.54) is 11.3 Å². The summed E-state index contributed by atoms with van der Waals surface area (Å²) in [7, 11) is 0. The summed E-state index contributed by atoms with van der Waals surface area (Å²) < 4.78 is 0. The first-order chi connectivity index (χ1) is 11.1. The predicted octanol–water partition coefficient (Wildman–Crippen LogP) is 4.87. The number of anilines is 1. The van der Waals surface area contributed by atoms with Crippen molar-refractivity contribution in [3.63, 3.8) is 0 Å². The van der Waals surface area contributed by atoms with Gasteiger partial charge in [0.15, 0.2) is 5.01 Å². The third kappa shape index (κ3) is 4.01. The molecule has 0 aliphatic rings. The van der Waals surface area contributed by atoms with Crippen LogP contribution in [0.2, 0.25) is 10.0 Å². The maximum Gasteiger partial charge on any atom is 0.298 e. The fourth-order valence-electron chi connectivity index (χ4n) is 1.87. The van der Waals surface area contributed by atoms with Crippen molar-refractivity contribution in [2.75, 3.05) is 5.43 Å². The van der Waals surface area contributed by atoms with Gasteiger partial charge in [0, 0.05) is 21.0 Å². The number of hydrogen-bond acceptors (Lipinski definition) is 4. The van der Waals surface area contributed by atoms with Gasteiger partial charge in [0.1, 0.15) is 0 Å².